The summed E-state index contributed by atoms with van der Waals surface area (Å²) in [6.45, 7) is 5.34. The van der Waals surface area contributed by atoms with Crippen molar-refractivity contribution in [3.63, 3.8) is 0 Å². The molecule has 0 aliphatic carbocycles. The summed E-state index contributed by atoms with van der Waals surface area (Å²) >= 11 is 0. The first-order valence-corrected chi connectivity index (χ1v) is 9.45. The van der Waals surface area contributed by atoms with Crippen LogP contribution < -0.4 is 5.32 Å². The summed E-state index contributed by atoms with van der Waals surface area (Å²) in [5.74, 6) is -0.301. The van der Waals surface area contributed by atoms with Crippen molar-refractivity contribution in [2.75, 3.05) is 0 Å². The standard InChI is InChI=1S/C23H23F3N2O/c1-4-20(17-10-6-5-7-11-17)27-22(29)18-14-15(2)28(16(18)3)21-13-9-8-12-19(21)23(24,25)26/h5-14,20H,4H2,1-3H3,(H,27,29). The third-order valence-electron chi connectivity index (χ3n) is 5.04. The van der Waals surface area contributed by atoms with E-state index in [1.165, 1.54) is 16.7 Å². The van der Waals surface area contributed by atoms with Crippen LogP contribution in [0.2, 0.25) is 0 Å². The van der Waals surface area contributed by atoms with Gasteiger partial charge in [-0.1, -0.05) is 49.4 Å². The largest absolute Gasteiger partial charge is 0.418 e. The van der Waals surface area contributed by atoms with Gasteiger partial charge in [0, 0.05) is 11.4 Å². The van der Waals surface area contributed by atoms with Crippen LogP contribution in [0.3, 0.4) is 0 Å². The number of amides is 1. The Kier molecular flexibility index (Phi) is 5.82. The third-order valence-corrected chi connectivity index (χ3v) is 5.04. The molecule has 1 atom stereocenters. The van der Waals surface area contributed by atoms with Gasteiger partial charge in [0.25, 0.3) is 5.91 Å². The second kappa shape index (κ2) is 8.15. The Hall–Kier alpha value is -3.02. The highest BCUT2D eigenvalue weighted by atomic mass is 19.4. The minimum Gasteiger partial charge on any atom is -0.345 e. The molecule has 0 aliphatic rings. The van der Waals surface area contributed by atoms with Gasteiger partial charge in [0.05, 0.1) is 22.9 Å². The second-order valence-corrected chi connectivity index (χ2v) is 6.98. The van der Waals surface area contributed by atoms with E-state index < -0.39 is 11.7 Å². The summed E-state index contributed by atoms with van der Waals surface area (Å²) in [6, 6.07) is 16.5. The number of hydrogen-bond donors (Lipinski definition) is 1. The van der Waals surface area contributed by atoms with Crippen LogP contribution >= 0.6 is 0 Å². The van der Waals surface area contributed by atoms with E-state index in [2.05, 4.69) is 5.32 Å². The summed E-state index contributed by atoms with van der Waals surface area (Å²) in [5, 5.41) is 3.00. The van der Waals surface area contributed by atoms with Crippen LogP contribution in [0.5, 0.6) is 0 Å². The molecule has 1 heterocycles. The lowest BCUT2D eigenvalue weighted by Crippen LogP contribution is -2.28. The molecule has 6 heteroatoms. The Morgan fingerprint density at radius 2 is 1.66 bits per heavy atom. The van der Waals surface area contributed by atoms with E-state index in [4.69, 9.17) is 0 Å². The lowest BCUT2D eigenvalue weighted by Gasteiger charge is -2.18. The Morgan fingerprint density at radius 1 is 1.03 bits per heavy atom. The molecule has 1 amide bonds. The number of rotatable bonds is 5. The number of para-hydroxylation sites is 1. The number of nitrogens with one attached hydrogen (secondary N) is 1. The van der Waals surface area contributed by atoms with Crippen molar-refractivity contribution < 1.29 is 18.0 Å². The fourth-order valence-corrected chi connectivity index (χ4v) is 3.61. The van der Waals surface area contributed by atoms with Crippen LogP contribution in [0.15, 0.2) is 60.7 Å². The molecule has 1 aromatic heterocycles. The molecule has 2 aromatic carbocycles. The van der Waals surface area contributed by atoms with Gasteiger partial charge in [-0.15, -0.1) is 0 Å². The highest BCUT2D eigenvalue weighted by molar-refractivity contribution is 5.96. The number of aromatic nitrogens is 1. The van der Waals surface area contributed by atoms with Crippen molar-refractivity contribution in [2.45, 2.75) is 39.4 Å². The monoisotopic (exact) mass is 400 g/mol. The lowest BCUT2D eigenvalue weighted by atomic mass is 10.0. The summed E-state index contributed by atoms with van der Waals surface area (Å²) in [6.07, 6.45) is -3.78. The molecule has 29 heavy (non-hydrogen) atoms. The smallest absolute Gasteiger partial charge is 0.345 e. The first-order valence-electron chi connectivity index (χ1n) is 9.45. The predicted molar refractivity (Wildman–Crippen MR) is 107 cm³/mol. The minimum atomic E-state index is -4.48. The molecular weight excluding hydrogens is 377 g/mol. The van der Waals surface area contributed by atoms with E-state index in [9.17, 15) is 18.0 Å². The number of nitrogens with zero attached hydrogens (tertiary/aromatic N) is 1. The molecule has 1 N–H and O–H groups in total. The quantitative estimate of drug-likeness (QED) is 0.560. The SMILES string of the molecule is CCC(NC(=O)c1cc(C)n(-c2ccccc2C(F)(F)F)c1C)c1ccccc1. The average molecular weight is 400 g/mol. The lowest BCUT2D eigenvalue weighted by molar-refractivity contribution is -0.137. The molecular formula is C23H23F3N2O. The highest BCUT2D eigenvalue weighted by Gasteiger charge is 2.34. The zero-order valence-corrected chi connectivity index (χ0v) is 16.5. The van der Waals surface area contributed by atoms with Crippen molar-refractivity contribution in [1.29, 1.82) is 0 Å². The molecule has 3 aromatic rings. The maximum atomic E-state index is 13.5. The Balaban J connectivity index is 1.98. The van der Waals surface area contributed by atoms with E-state index in [-0.39, 0.29) is 17.6 Å². The molecule has 3 nitrogen and oxygen atoms in total. The molecule has 152 valence electrons. The zero-order chi connectivity index (χ0) is 21.2. The first-order chi connectivity index (χ1) is 13.7. The molecule has 0 saturated carbocycles. The summed E-state index contributed by atoms with van der Waals surface area (Å²) in [7, 11) is 0. The number of alkyl halides is 3. The third kappa shape index (κ3) is 4.21. The van der Waals surface area contributed by atoms with E-state index in [0.29, 0.717) is 23.4 Å². The Morgan fingerprint density at radius 3 is 2.28 bits per heavy atom. The van der Waals surface area contributed by atoms with E-state index >= 15 is 0 Å². The topological polar surface area (TPSA) is 34.0 Å². The molecule has 0 radical (unpaired) electrons. The van der Waals surface area contributed by atoms with Crippen LogP contribution in [-0.4, -0.2) is 10.5 Å². The zero-order valence-electron chi connectivity index (χ0n) is 16.5. The van der Waals surface area contributed by atoms with Gasteiger partial charge in [-0.05, 0) is 44.0 Å². The second-order valence-electron chi connectivity index (χ2n) is 6.98. The summed E-state index contributed by atoms with van der Waals surface area (Å²) in [5.41, 5.74) is 1.68. The van der Waals surface area contributed by atoms with Gasteiger partial charge in [-0.25, -0.2) is 0 Å². The van der Waals surface area contributed by atoms with Crippen molar-refractivity contribution in [3.05, 3.63) is 88.7 Å². The number of halogens is 3. The number of benzene rings is 2. The van der Waals surface area contributed by atoms with Gasteiger partial charge >= 0.3 is 6.18 Å². The van der Waals surface area contributed by atoms with Gasteiger partial charge in [0.2, 0.25) is 0 Å². The van der Waals surface area contributed by atoms with Crippen LogP contribution in [0.4, 0.5) is 13.2 Å². The summed E-state index contributed by atoms with van der Waals surface area (Å²) in [4.78, 5) is 12.9. The van der Waals surface area contributed by atoms with Crippen LogP contribution in [0.25, 0.3) is 5.69 Å². The fourth-order valence-electron chi connectivity index (χ4n) is 3.61. The van der Waals surface area contributed by atoms with Gasteiger partial charge in [-0.2, -0.15) is 13.2 Å². The minimum absolute atomic E-state index is 0.0177. The van der Waals surface area contributed by atoms with Crippen molar-refractivity contribution in [3.8, 4) is 5.69 Å². The van der Waals surface area contributed by atoms with Crippen molar-refractivity contribution in [1.82, 2.24) is 9.88 Å². The van der Waals surface area contributed by atoms with Gasteiger partial charge in [-0.3, -0.25) is 4.79 Å². The molecule has 0 fully saturated rings. The van der Waals surface area contributed by atoms with Crippen LogP contribution in [0.1, 0.15) is 52.3 Å². The Bertz CT molecular complexity index is 1010. The molecule has 0 bridgehead atoms. The molecule has 3 rings (SSSR count). The van der Waals surface area contributed by atoms with Gasteiger partial charge in [0.1, 0.15) is 0 Å². The number of carbonyl (C=O) groups excluding carboxylic acids is 1. The Labute approximate surface area is 168 Å². The van der Waals surface area contributed by atoms with Crippen molar-refractivity contribution >= 4 is 5.91 Å². The predicted octanol–water partition coefficient (Wildman–Crippen LogP) is 5.99. The van der Waals surface area contributed by atoms with Crippen molar-refractivity contribution in [2.24, 2.45) is 0 Å². The van der Waals surface area contributed by atoms with Gasteiger partial charge < -0.3 is 9.88 Å². The normalized spacial score (nSPS) is 12.6. The molecule has 0 saturated heterocycles. The van der Waals surface area contributed by atoms with Crippen LogP contribution in [-0.2, 0) is 6.18 Å². The molecule has 0 spiro atoms. The summed E-state index contributed by atoms with van der Waals surface area (Å²) < 4.78 is 41.9. The van der Waals surface area contributed by atoms with Gasteiger partial charge in [0.15, 0.2) is 0 Å². The van der Waals surface area contributed by atoms with E-state index in [0.717, 1.165) is 11.6 Å². The maximum Gasteiger partial charge on any atom is 0.418 e. The van der Waals surface area contributed by atoms with Crippen LogP contribution in [0, 0.1) is 13.8 Å². The fraction of sp³-hybridized carbons (Fsp3) is 0.261. The number of hydrogen-bond acceptors (Lipinski definition) is 1. The molecule has 1 unspecified atom stereocenters. The average Bonchev–Trinajstić information content (AvgIpc) is 3.00. The first kappa shape index (κ1) is 20.7. The highest BCUT2D eigenvalue weighted by Crippen LogP contribution is 2.35. The number of carbonyl (C=O) groups is 1. The number of aryl methyl sites for hydroxylation is 1. The van der Waals surface area contributed by atoms with E-state index in [1.54, 1.807) is 26.0 Å². The molecule has 0 aliphatic heterocycles. The maximum absolute atomic E-state index is 13.5. The van der Waals surface area contributed by atoms with E-state index in [1.807, 2.05) is 37.3 Å².